The predicted molar refractivity (Wildman–Crippen MR) is 123 cm³/mol. The van der Waals surface area contributed by atoms with Gasteiger partial charge in [0.05, 0.1) is 17.8 Å². The highest BCUT2D eigenvalue weighted by molar-refractivity contribution is 5.86. The number of nitrogens with one attached hydrogen (secondary N) is 1. The number of imidazole rings is 1. The minimum absolute atomic E-state index is 0.0759. The number of rotatable bonds is 4. The summed E-state index contributed by atoms with van der Waals surface area (Å²) < 4.78 is 3.90. The number of hydrogen-bond acceptors (Lipinski definition) is 6. The van der Waals surface area contributed by atoms with Crippen LogP contribution in [0.5, 0.6) is 0 Å². The number of aryl methyl sites for hydroxylation is 2. The lowest BCUT2D eigenvalue weighted by atomic mass is 9.77. The number of aromatic nitrogens is 6. The van der Waals surface area contributed by atoms with Crippen LogP contribution in [0, 0.1) is 12.3 Å². The smallest absolute Gasteiger partial charge is 0.407 e. The van der Waals surface area contributed by atoms with Crippen molar-refractivity contribution in [3.05, 3.63) is 18.2 Å². The molecule has 172 valence electrons. The molecule has 0 radical (unpaired) electrons. The van der Waals surface area contributed by atoms with Gasteiger partial charge in [0.25, 0.3) is 0 Å². The summed E-state index contributed by atoms with van der Waals surface area (Å²) in [6, 6.07) is -0.264. The third-order valence-electron chi connectivity index (χ3n) is 6.39. The normalized spacial score (nSPS) is 19.5. The number of hydrogen-bond donors (Lipinski definition) is 2. The molecule has 1 aliphatic rings. The maximum atomic E-state index is 11.9. The fraction of sp³-hybridized carbons (Fsp3) is 0.591. The van der Waals surface area contributed by atoms with E-state index in [-0.39, 0.29) is 17.5 Å². The third kappa shape index (κ3) is 3.67. The second-order valence-corrected chi connectivity index (χ2v) is 9.53. The van der Waals surface area contributed by atoms with Gasteiger partial charge in [-0.3, -0.25) is 4.68 Å². The molecule has 0 spiro atoms. The summed E-state index contributed by atoms with van der Waals surface area (Å²) in [5.41, 5.74) is 3.17. The van der Waals surface area contributed by atoms with Gasteiger partial charge in [0.1, 0.15) is 12.2 Å². The molecule has 2 N–H and O–H groups in total. The van der Waals surface area contributed by atoms with Gasteiger partial charge < -0.3 is 19.9 Å². The first kappa shape index (κ1) is 22.0. The van der Waals surface area contributed by atoms with E-state index in [0.717, 1.165) is 42.1 Å². The Morgan fingerprint density at radius 2 is 2.06 bits per heavy atom. The number of likely N-dealkylation sites (tertiary alicyclic amines) is 1. The molecule has 3 aromatic heterocycles. The van der Waals surface area contributed by atoms with Crippen molar-refractivity contribution >= 4 is 23.1 Å². The van der Waals surface area contributed by atoms with Crippen molar-refractivity contribution < 1.29 is 9.90 Å². The predicted octanol–water partition coefficient (Wildman–Crippen LogP) is 3.52. The van der Waals surface area contributed by atoms with Crippen LogP contribution >= 0.6 is 0 Å². The molecular weight excluding hydrogens is 408 g/mol. The van der Waals surface area contributed by atoms with Crippen molar-refractivity contribution in [2.75, 3.05) is 11.9 Å². The lowest BCUT2D eigenvalue weighted by Gasteiger charge is -2.47. The molecule has 0 bridgehead atoms. The van der Waals surface area contributed by atoms with Crippen LogP contribution in [0.3, 0.4) is 0 Å². The quantitative estimate of drug-likeness (QED) is 0.638. The van der Waals surface area contributed by atoms with Crippen molar-refractivity contribution in [2.24, 2.45) is 12.5 Å². The van der Waals surface area contributed by atoms with Crippen molar-refractivity contribution in [1.29, 1.82) is 0 Å². The minimum Gasteiger partial charge on any atom is -0.465 e. The molecule has 10 nitrogen and oxygen atoms in total. The SMILES string of the molecule is CCn1ncc(-c2nc3c(N[C@H]4CCCN(C(=O)O)C4C(C)(C)C)ncnc3n2C)c1C. The average molecular weight is 441 g/mol. The number of carboxylic acid groups (broad SMARTS) is 1. The maximum absolute atomic E-state index is 11.9. The standard InChI is InChI=1S/C22H32N8O2/c1-7-30-13(2)14(11-25-30)19-27-16-18(23-12-24-20(16)28(19)6)26-15-9-8-10-29(21(31)32)17(15)22(3,4)5/h11-12,15,17H,7-10H2,1-6H3,(H,31,32)(H,23,24,26)/t15-,17?/m0/s1. The second kappa shape index (κ2) is 8.07. The van der Waals surface area contributed by atoms with E-state index in [1.165, 1.54) is 6.33 Å². The number of carbonyl (C=O) groups is 1. The topological polar surface area (TPSA) is 114 Å². The zero-order valence-corrected chi connectivity index (χ0v) is 19.6. The van der Waals surface area contributed by atoms with Crippen LogP contribution in [0.4, 0.5) is 10.6 Å². The Balaban J connectivity index is 1.75. The van der Waals surface area contributed by atoms with Crippen LogP contribution in [0.2, 0.25) is 0 Å². The molecule has 1 aliphatic heterocycles. The fourth-order valence-corrected chi connectivity index (χ4v) is 4.94. The molecule has 32 heavy (non-hydrogen) atoms. The molecule has 3 aromatic rings. The van der Waals surface area contributed by atoms with E-state index in [9.17, 15) is 9.90 Å². The number of amides is 1. The van der Waals surface area contributed by atoms with E-state index in [0.29, 0.717) is 17.9 Å². The molecule has 1 fully saturated rings. The Bertz CT molecular complexity index is 1140. The maximum Gasteiger partial charge on any atom is 0.407 e. The Kier molecular flexibility index (Phi) is 5.56. The Hall–Kier alpha value is -3.17. The van der Waals surface area contributed by atoms with Gasteiger partial charge in [-0.1, -0.05) is 20.8 Å². The van der Waals surface area contributed by atoms with Gasteiger partial charge >= 0.3 is 6.09 Å². The van der Waals surface area contributed by atoms with Gasteiger partial charge in [-0.2, -0.15) is 5.10 Å². The molecule has 0 saturated carbocycles. The summed E-state index contributed by atoms with van der Waals surface area (Å²) in [6.45, 7) is 11.7. The third-order valence-corrected chi connectivity index (χ3v) is 6.39. The average Bonchev–Trinajstić information content (AvgIpc) is 3.27. The van der Waals surface area contributed by atoms with Crippen molar-refractivity contribution in [2.45, 2.75) is 66.1 Å². The first-order valence-electron chi connectivity index (χ1n) is 11.1. The molecule has 2 atom stereocenters. The first-order valence-corrected chi connectivity index (χ1v) is 11.1. The molecule has 1 unspecified atom stereocenters. The minimum atomic E-state index is -0.882. The van der Waals surface area contributed by atoms with Gasteiger partial charge in [0.15, 0.2) is 17.0 Å². The molecule has 0 aromatic carbocycles. The van der Waals surface area contributed by atoms with Crippen LogP contribution < -0.4 is 5.32 Å². The summed E-state index contributed by atoms with van der Waals surface area (Å²) in [6.07, 6.45) is 4.14. The van der Waals surface area contributed by atoms with Gasteiger partial charge in [0, 0.05) is 31.9 Å². The van der Waals surface area contributed by atoms with Crippen molar-refractivity contribution in [1.82, 2.24) is 34.2 Å². The summed E-state index contributed by atoms with van der Waals surface area (Å²) in [5.74, 6) is 1.41. The van der Waals surface area contributed by atoms with Gasteiger partial charge in [-0.15, -0.1) is 0 Å². The summed E-state index contributed by atoms with van der Waals surface area (Å²) >= 11 is 0. The first-order chi connectivity index (χ1) is 15.1. The van der Waals surface area contributed by atoms with E-state index in [2.05, 4.69) is 48.1 Å². The van der Waals surface area contributed by atoms with E-state index in [1.807, 2.05) is 29.4 Å². The fourth-order valence-electron chi connectivity index (χ4n) is 4.94. The summed E-state index contributed by atoms with van der Waals surface area (Å²) in [5, 5.41) is 17.8. The Morgan fingerprint density at radius 1 is 1.31 bits per heavy atom. The zero-order chi connectivity index (χ0) is 23.2. The van der Waals surface area contributed by atoms with E-state index in [1.54, 1.807) is 4.90 Å². The van der Waals surface area contributed by atoms with Gasteiger partial charge in [-0.25, -0.2) is 19.7 Å². The van der Waals surface area contributed by atoms with Gasteiger partial charge in [-0.05, 0) is 32.1 Å². The van der Waals surface area contributed by atoms with E-state index >= 15 is 0 Å². The second-order valence-electron chi connectivity index (χ2n) is 9.53. The highest BCUT2D eigenvalue weighted by Gasteiger charge is 2.42. The van der Waals surface area contributed by atoms with Crippen LogP contribution in [-0.4, -0.2) is 64.0 Å². The van der Waals surface area contributed by atoms with E-state index in [4.69, 9.17) is 4.98 Å². The molecule has 4 rings (SSSR count). The van der Waals surface area contributed by atoms with Crippen LogP contribution in [0.15, 0.2) is 12.5 Å². The van der Waals surface area contributed by atoms with Crippen LogP contribution in [-0.2, 0) is 13.6 Å². The molecular formula is C22H32N8O2. The molecule has 1 amide bonds. The van der Waals surface area contributed by atoms with Crippen LogP contribution in [0.1, 0.15) is 46.2 Å². The highest BCUT2D eigenvalue weighted by Crippen LogP contribution is 2.35. The lowest BCUT2D eigenvalue weighted by molar-refractivity contribution is 0.0519. The Morgan fingerprint density at radius 3 is 2.69 bits per heavy atom. The molecule has 0 aliphatic carbocycles. The van der Waals surface area contributed by atoms with Gasteiger partial charge in [0.2, 0.25) is 0 Å². The monoisotopic (exact) mass is 440 g/mol. The summed E-state index contributed by atoms with van der Waals surface area (Å²) in [4.78, 5) is 27.3. The highest BCUT2D eigenvalue weighted by atomic mass is 16.4. The summed E-state index contributed by atoms with van der Waals surface area (Å²) in [7, 11) is 1.94. The molecule has 10 heteroatoms. The number of fused-ring (bicyclic) bond motifs is 1. The lowest BCUT2D eigenvalue weighted by Crippen LogP contribution is -2.58. The number of nitrogens with zero attached hydrogens (tertiary/aromatic N) is 7. The molecule has 1 saturated heterocycles. The Labute approximate surface area is 187 Å². The largest absolute Gasteiger partial charge is 0.465 e. The van der Waals surface area contributed by atoms with Crippen molar-refractivity contribution in [3.63, 3.8) is 0 Å². The zero-order valence-electron chi connectivity index (χ0n) is 19.6. The molecule has 4 heterocycles. The van der Waals surface area contributed by atoms with Crippen LogP contribution in [0.25, 0.3) is 22.6 Å². The van der Waals surface area contributed by atoms with Crippen molar-refractivity contribution in [3.8, 4) is 11.4 Å². The van der Waals surface area contributed by atoms with E-state index < -0.39 is 6.09 Å². The number of anilines is 1. The number of piperidine rings is 1.